The summed E-state index contributed by atoms with van der Waals surface area (Å²) in [5, 5.41) is 9.12. The highest BCUT2D eigenvalue weighted by molar-refractivity contribution is 5.84. The van der Waals surface area contributed by atoms with Crippen molar-refractivity contribution in [2.75, 3.05) is 7.05 Å². The SMILES string of the molecule is CN(C=O)C1(C(=O)O)CCC1(C)C. The summed E-state index contributed by atoms with van der Waals surface area (Å²) in [6, 6.07) is 0. The summed E-state index contributed by atoms with van der Waals surface area (Å²) in [5.74, 6) is -0.904. The molecule has 1 saturated carbocycles. The van der Waals surface area contributed by atoms with Gasteiger partial charge in [-0.05, 0) is 18.3 Å². The molecular formula is C9H15NO3. The van der Waals surface area contributed by atoms with Crippen LogP contribution in [0.1, 0.15) is 26.7 Å². The number of nitrogens with zero attached hydrogens (tertiary/aromatic N) is 1. The molecule has 0 spiro atoms. The molecule has 1 N–H and O–H groups in total. The molecule has 1 rings (SSSR count). The largest absolute Gasteiger partial charge is 0.479 e. The molecule has 0 heterocycles. The van der Waals surface area contributed by atoms with E-state index in [-0.39, 0.29) is 5.41 Å². The van der Waals surface area contributed by atoms with E-state index in [9.17, 15) is 9.59 Å². The Labute approximate surface area is 77.5 Å². The van der Waals surface area contributed by atoms with E-state index < -0.39 is 11.5 Å². The highest BCUT2D eigenvalue weighted by Crippen LogP contribution is 2.52. The van der Waals surface area contributed by atoms with Crippen LogP contribution in [0.4, 0.5) is 0 Å². The Morgan fingerprint density at radius 3 is 2.08 bits per heavy atom. The van der Waals surface area contributed by atoms with Crippen LogP contribution in [0.25, 0.3) is 0 Å². The van der Waals surface area contributed by atoms with Crippen LogP contribution in [0.15, 0.2) is 0 Å². The number of aliphatic carboxylic acids is 1. The van der Waals surface area contributed by atoms with Crippen molar-refractivity contribution in [1.82, 2.24) is 4.90 Å². The van der Waals surface area contributed by atoms with E-state index in [2.05, 4.69) is 0 Å². The summed E-state index contributed by atoms with van der Waals surface area (Å²) in [6.07, 6.45) is 1.98. The standard InChI is InChI=1S/C9H15NO3/c1-8(2)4-5-9(8,7(12)13)10(3)6-11/h6H,4-5H2,1-3H3,(H,12,13). The van der Waals surface area contributed by atoms with Crippen molar-refractivity contribution in [3.05, 3.63) is 0 Å². The van der Waals surface area contributed by atoms with Gasteiger partial charge in [-0.25, -0.2) is 4.79 Å². The van der Waals surface area contributed by atoms with Gasteiger partial charge in [-0.15, -0.1) is 0 Å². The van der Waals surface area contributed by atoms with Crippen molar-refractivity contribution in [1.29, 1.82) is 0 Å². The number of carboxylic acid groups (broad SMARTS) is 1. The van der Waals surface area contributed by atoms with Crippen molar-refractivity contribution in [2.45, 2.75) is 32.2 Å². The van der Waals surface area contributed by atoms with Crippen LogP contribution in [0.2, 0.25) is 0 Å². The lowest BCUT2D eigenvalue weighted by molar-refractivity contribution is -0.177. The van der Waals surface area contributed by atoms with Crippen molar-refractivity contribution in [3.8, 4) is 0 Å². The maximum absolute atomic E-state index is 11.1. The summed E-state index contributed by atoms with van der Waals surface area (Å²) in [4.78, 5) is 23.0. The minimum Gasteiger partial charge on any atom is -0.479 e. The van der Waals surface area contributed by atoms with E-state index in [1.807, 2.05) is 13.8 Å². The van der Waals surface area contributed by atoms with E-state index in [1.54, 1.807) is 0 Å². The van der Waals surface area contributed by atoms with E-state index in [1.165, 1.54) is 11.9 Å². The molecule has 1 amide bonds. The molecule has 0 aromatic carbocycles. The average molecular weight is 185 g/mol. The second kappa shape index (κ2) is 2.72. The van der Waals surface area contributed by atoms with Crippen LogP contribution in [-0.2, 0) is 9.59 Å². The zero-order valence-corrected chi connectivity index (χ0v) is 8.20. The minimum atomic E-state index is -0.991. The van der Waals surface area contributed by atoms with Crippen LogP contribution in [0.3, 0.4) is 0 Å². The predicted octanol–water partition coefficient (Wildman–Crippen LogP) is 0.718. The fraction of sp³-hybridized carbons (Fsp3) is 0.778. The zero-order valence-electron chi connectivity index (χ0n) is 8.20. The predicted molar refractivity (Wildman–Crippen MR) is 47.2 cm³/mol. The fourth-order valence-corrected chi connectivity index (χ4v) is 2.15. The maximum atomic E-state index is 11.1. The Hall–Kier alpha value is -1.06. The van der Waals surface area contributed by atoms with Gasteiger partial charge in [0.15, 0.2) is 0 Å². The highest BCUT2D eigenvalue weighted by Gasteiger charge is 2.61. The first-order valence-electron chi connectivity index (χ1n) is 4.30. The Kier molecular flexibility index (Phi) is 2.10. The number of hydrogen-bond acceptors (Lipinski definition) is 2. The molecule has 1 unspecified atom stereocenters. The van der Waals surface area contributed by atoms with Crippen LogP contribution in [0.5, 0.6) is 0 Å². The molecule has 0 aromatic rings. The van der Waals surface area contributed by atoms with Crippen molar-refractivity contribution in [2.24, 2.45) is 5.41 Å². The molecule has 1 fully saturated rings. The van der Waals surface area contributed by atoms with Gasteiger partial charge in [0, 0.05) is 7.05 Å². The van der Waals surface area contributed by atoms with Crippen LogP contribution in [0, 0.1) is 5.41 Å². The van der Waals surface area contributed by atoms with E-state index in [0.717, 1.165) is 6.42 Å². The number of carbonyl (C=O) groups is 2. The van der Waals surface area contributed by atoms with Crippen LogP contribution in [-0.4, -0.2) is 35.0 Å². The lowest BCUT2D eigenvalue weighted by atomic mass is 9.56. The van der Waals surface area contributed by atoms with Gasteiger partial charge in [0.05, 0.1) is 0 Å². The number of carboxylic acids is 1. The number of rotatable bonds is 3. The van der Waals surface area contributed by atoms with Gasteiger partial charge < -0.3 is 10.0 Å². The quantitative estimate of drug-likeness (QED) is 0.659. The van der Waals surface area contributed by atoms with E-state index in [0.29, 0.717) is 12.8 Å². The number of carbonyl (C=O) groups excluding carboxylic acids is 1. The lowest BCUT2D eigenvalue weighted by Gasteiger charge is -2.56. The van der Waals surface area contributed by atoms with Crippen molar-refractivity contribution < 1.29 is 14.7 Å². The lowest BCUT2D eigenvalue weighted by Crippen LogP contribution is -2.67. The molecule has 0 aromatic heterocycles. The Morgan fingerprint density at radius 1 is 1.46 bits per heavy atom. The normalized spacial score (nSPS) is 30.4. The number of amides is 1. The molecule has 74 valence electrons. The fourth-order valence-electron chi connectivity index (χ4n) is 2.15. The maximum Gasteiger partial charge on any atom is 0.330 e. The van der Waals surface area contributed by atoms with E-state index >= 15 is 0 Å². The zero-order chi connectivity index (χ0) is 10.3. The van der Waals surface area contributed by atoms with Gasteiger partial charge in [-0.3, -0.25) is 4.79 Å². The number of hydrogen-bond donors (Lipinski definition) is 1. The second-order valence-corrected chi connectivity index (χ2v) is 4.27. The molecule has 4 heteroatoms. The third-order valence-electron chi connectivity index (χ3n) is 3.35. The molecule has 0 radical (unpaired) electrons. The average Bonchev–Trinajstić information content (AvgIpc) is 2.02. The Balaban J connectivity index is 3.03. The molecule has 13 heavy (non-hydrogen) atoms. The van der Waals surface area contributed by atoms with Crippen molar-refractivity contribution in [3.63, 3.8) is 0 Å². The van der Waals surface area contributed by atoms with Crippen LogP contribution < -0.4 is 0 Å². The smallest absolute Gasteiger partial charge is 0.330 e. The van der Waals surface area contributed by atoms with Gasteiger partial charge >= 0.3 is 5.97 Å². The van der Waals surface area contributed by atoms with Gasteiger partial charge in [0.2, 0.25) is 6.41 Å². The monoisotopic (exact) mass is 185 g/mol. The number of likely N-dealkylation sites (N-methyl/N-ethyl adjacent to an activating group) is 1. The third-order valence-corrected chi connectivity index (χ3v) is 3.35. The summed E-state index contributed by atoms with van der Waals surface area (Å²) in [5.41, 5.74) is -1.32. The summed E-state index contributed by atoms with van der Waals surface area (Å²) < 4.78 is 0. The summed E-state index contributed by atoms with van der Waals surface area (Å²) in [7, 11) is 1.53. The third kappa shape index (κ3) is 1.04. The molecule has 1 aliphatic rings. The molecule has 4 nitrogen and oxygen atoms in total. The van der Waals surface area contributed by atoms with Gasteiger partial charge in [0.1, 0.15) is 5.54 Å². The highest BCUT2D eigenvalue weighted by atomic mass is 16.4. The van der Waals surface area contributed by atoms with Gasteiger partial charge in [-0.1, -0.05) is 13.8 Å². The Bertz CT molecular complexity index is 249. The first-order chi connectivity index (χ1) is 5.88. The molecule has 0 aliphatic heterocycles. The minimum absolute atomic E-state index is 0.325. The topological polar surface area (TPSA) is 57.6 Å². The Morgan fingerprint density at radius 2 is 2.00 bits per heavy atom. The summed E-state index contributed by atoms with van der Waals surface area (Å²) >= 11 is 0. The summed E-state index contributed by atoms with van der Waals surface area (Å²) in [6.45, 7) is 3.76. The van der Waals surface area contributed by atoms with Gasteiger partial charge in [0.25, 0.3) is 0 Å². The van der Waals surface area contributed by atoms with E-state index in [4.69, 9.17) is 5.11 Å². The molecule has 1 atom stereocenters. The first kappa shape index (κ1) is 10.0. The molecule has 0 saturated heterocycles. The molecule has 0 bridgehead atoms. The van der Waals surface area contributed by atoms with Crippen molar-refractivity contribution >= 4 is 12.4 Å². The van der Waals surface area contributed by atoms with Gasteiger partial charge in [-0.2, -0.15) is 0 Å². The molecule has 1 aliphatic carbocycles. The first-order valence-corrected chi connectivity index (χ1v) is 4.30. The van der Waals surface area contributed by atoms with Crippen LogP contribution >= 0.6 is 0 Å². The second-order valence-electron chi connectivity index (χ2n) is 4.27. The molecular weight excluding hydrogens is 170 g/mol.